The average Bonchev–Trinajstić information content (AvgIpc) is 3.01. The molecule has 1 atom stereocenters. The zero-order chi connectivity index (χ0) is 16.4. The average molecular weight is 316 g/mol. The molecule has 1 fully saturated rings. The fourth-order valence-electron chi connectivity index (χ4n) is 2.93. The van der Waals surface area contributed by atoms with E-state index in [1.807, 2.05) is 30.3 Å². The number of carbonyl (C=O) groups excluding carboxylic acids is 2. The lowest BCUT2D eigenvalue weighted by molar-refractivity contribution is -0.126. The van der Waals surface area contributed by atoms with Crippen molar-refractivity contribution in [3.8, 4) is 0 Å². The molecule has 2 aliphatic rings. The maximum absolute atomic E-state index is 12.6. The molecule has 0 saturated carbocycles. The van der Waals surface area contributed by atoms with Crippen LogP contribution in [0.5, 0.6) is 0 Å². The summed E-state index contributed by atoms with van der Waals surface area (Å²) in [5.74, 6) is -0.684. The van der Waals surface area contributed by atoms with Gasteiger partial charge in [0.25, 0.3) is 5.91 Å². The topological polar surface area (TPSA) is 99.2 Å². The van der Waals surface area contributed by atoms with Crippen molar-refractivity contribution < 1.29 is 14.7 Å². The number of amides is 2. The molecule has 1 aromatic rings. The Morgan fingerprint density at radius 1 is 1.17 bits per heavy atom. The Balaban J connectivity index is 1.80. The van der Waals surface area contributed by atoms with Crippen LogP contribution in [0.25, 0.3) is 0 Å². The van der Waals surface area contributed by atoms with Crippen LogP contribution in [0.3, 0.4) is 0 Å². The number of benzene rings is 1. The van der Waals surface area contributed by atoms with Gasteiger partial charge in [-0.2, -0.15) is 5.10 Å². The van der Waals surface area contributed by atoms with Crippen LogP contribution < -0.4 is 10.7 Å². The van der Waals surface area contributed by atoms with Gasteiger partial charge in [-0.15, -0.1) is 0 Å². The molecule has 2 aliphatic heterocycles. The van der Waals surface area contributed by atoms with Crippen molar-refractivity contribution in [2.45, 2.75) is 31.4 Å². The summed E-state index contributed by atoms with van der Waals surface area (Å²) in [5.41, 5.74) is 6.54. The van der Waals surface area contributed by atoms with Crippen LogP contribution in [-0.4, -0.2) is 52.8 Å². The first kappa shape index (κ1) is 15.5. The van der Waals surface area contributed by atoms with Crippen LogP contribution in [0.2, 0.25) is 0 Å². The zero-order valence-corrected chi connectivity index (χ0v) is 12.8. The zero-order valence-electron chi connectivity index (χ0n) is 12.8. The molecule has 7 heteroatoms. The highest BCUT2D eigenvalue weighted by molar-refractivity contribution is 6.40. The Morgan fingerprint density at radius 3 is 2.43 bits per heavy atom. The van der Waals surface area contributed by atoms with Crippen LogP contribution in [0.1, 0.15) is 19.3 Å². The molecule has 0 spiro atoms. The number of anilines is 1. The monoisotopic (exact) mass is 316 g/mol. The van der Waals surface area contributed by atoms with E-state index in [9.17, 15) is 14.7 Å². The number of likely N-dealkylation sites (tertiary alicyclic amines) is 1. The van der Waals surface area contributed by atoms with Crippen LogP contribution >= 0.6 is 0 Å². The van der Waals surface area contributed by atoms with Crippen molar-refractivity contribution in [1.29, 1.82) is 0 Å². The first-order chi connectivity index (χ1) is 11.1. The van der Waals surface area contributed by atoms with E-state index in [0.29, 0.717) is 31.6 Å². The lowest BCUT2D eigenvalue weighted by Crippen LogP contribution is -2.44. The number of aliphatic hydroxyl groups is 1. The summed E-state index contributed by atoms with van der Waals surface area (Å²) >= 11 is 0. The highest BCUT2D eigenvalue weighted by atomic mass is 16.3. The number of hydrazone groups is 1. The van der Waals surface area contributed by atoms with Gasteiger partial charge >= 0.3 is 0 Å². The fourth-order valence-corrected chi connectivity index (χ4v) is 2.93. The molecule has 0 bridgehead atoms. The Kier molecular flexibility index (Phi) is 4.29. The molecule has 0 aliphatic carbocycles. The van der Waals surface area contributed by atoms with E-state index in [4.69, 9.17) is 5.73 Å². The molecule has 1 unspecified atom stereocenters. The van der Waals surface area contributed by atoms with Crippen molar-refractivity contribution in [3.63, 3.8) is 0 Å². The van der Waals surface area contributed by atoms with E-state index < -0.39 is 11.9 Å². The SMILES string of the molecule is NC(=O)C1CC(C(=O)N2CCC(O)CC2)=NN1c1ccccc1. The molecule has 1 saturated heterocycles. The molecule has 0 aromatic heterocycles. The van der Waals surface area contributed by atoms with E-state index >= 15 is 0 Å². The van der Waals surface area contributed by atoms with E-state index in [2.05, 4.69) is 5.10 Å². The third kappa shape index (κ3) is 3.19. The molecule has 7 nitrogen and oxygen atoms in total. The number of para-hydroxylation sites is 1. The fraction of sp³-hybridized carbons (Fsp3) is 0.438. The van der Waals surface area contributed by atoms with Crippen LogP contribution in [0.15, 0.2) is 35.4 Å². The number of nitrogens with zero attached hydrogens (tertiary/aromatic N) is 3. The number of hydrogen-bond donors (Lipinski definition) is 2. The molecule has 2 heterocycles. The molecule has 23 heavy (non-hydrogen) atoms. The van der Waals surface area contributed by atoms with Crippen molar-refractivity contribution in [3.05, 3.63) is 30.3 Å². The highest BCUT2D eigenvalue weighted by Gasteiger charge is 2.37. The molecule has 2 amide bonds. The number of primary amides is 1. The maximum Gasteiger partial charge on any atom is 0.270 e. The molecular formula is C16H20N4O3. The smallest absolute Gasteiger partial charge is 0.270 e. The molecule has 3 rings (SSSR count). The minimum absolute atomic E-state index is 0.179. The van der Waals surface area contributed by atoms with Gasteiger partial charge < -0.3 is 15.7 Å². The number of aliphatic hydroxyl groups excluding tert-OH is 1. The minimum Gasteiger partial charge on any atom is -0.393 e. The summed E-state index contributed by atoms with van der Waals surface area (Å²) in [6.45, 7) is 1.01. The van der Waals surface area contributed by atoms with Gasteiger partial charge in [-0.05, 0) is 25.0 Å². The number of rotatable bonds is 3. The first-order valence-corrected chi connectivity index (χ1v) is 7.74. The van der Waals surface area contributed by atoms with Gasteiger partial charge in [0.1, 0.15) is 11.8 Å². The number of nitrogens with two attached hydrogens (primary N) is 1. The molecular weight excluding hydrogens is 296 g/mol. The molecule has 0 radical (unpaired) electrons. The Labute approximate surface area is 134 Å². The van der Waals surface area contributed by atoms with E-state index in [1.54, 1.807) is 4.90 Å². The Morgan fingerprint density at radius 2 is 1.83 bits per heavy atom. The van der Waals surface area contributed by atoms with Gasteiger partial charge in [-0.1, -0.05) is 18.2 Å². The minimum atomic E-state index is -0.647. The van der Waals surface area contributed by atoms with Crippen LogP contribution in [0, 0.1) is 0 Å². The predicted octanol–water partition coefficient (Wildman–Crippen LogP) is 0.0899. The van der Waals surface area contributed by atoms with Crippen molar-refractivity contribution in [1.82, 2.24) is 4.90 Å². The third-order valence-electron chi connectivity index (χ3n) is 4.26. The highest BCUT2D eigenvalue weighted by Crippen LogP contribution is 2.25. The first-order valence-electron chi connectivity index (χ1n) is 7.74. The summed E-state index contributed by atoms with van der Waals surface area (Å²) in [5, 5.41) is 15.4. The van der Waals surface area contributed by atoms with E-state index in [0.717, 1.165) is 5.69 Å². The van der Waals surface area contributed by atoms with Gasteiger partial charge in [-0.25, -0.2) is 0 Å². The van der Waals surface area contributed by atoms with Crippen LogP contribution in [-0.2, 0) is 9.59 Å². The number of carbonyl (C=O) groups is 2. The predicted molar refractivity (Wildman–Crippen MR) is 85.8 cm³/mol. The van der Waals surface area contributed by atoms with Gasteiger partial charge in [0.2, 0.25) is 5.91 Å². The second-order valence-corrected chi connectivity index (χ2v) is 5.87. The Hall–Kier alpha value is -2.41. The largest absolute Gasteiger partial charge is 0.393 e. The maximum atomic E-state index is 12.6. The summed E-state index contributed by atoms with van der Waals surface area (Å²) < 4.78 is 0. The Bertz CT molecular complexity index is 623. The number of hydrogen-bond acceptors (Lipinski definition) is 5. The second kappa shape index (κ2) is 6.37. The van der Waals surface area contributed by atoms with Crippen molar-refractivity contribution >= 4 is 23.2 Å². The summed E-state index contributed by atoms with van der Waals surface area (Å²) in [6.07, 6.45) is 1.01. The number of piperidine rings is 1. The second-order valence-electron chi connectivity index (χ2n) is 5.87. The molecule has 122 valence electrons. The van der Waals surface area contributed by atoms with Crippen molar-refractivity contribution in [2.75, 3.05) is 18.1 Å². The summed E-state index contributed by atoms with van der Waals surface area (Å²) in [4.78, 5) is 26.0. The normalized spacial score (nSPS) is 22.1. The van der Waals surface area contributed by atoms with Crippen LogP contribution in [0.4, 0.5) is 5.69 Å². The molecule has 1 aromatic carbocycles. The van der Waals surface area contributed by atoms with E-state index in [-0.39, 0.29) is 18.4 Å². The van der Waals surface area contributed by atoms with Gasteiger partial charge in [0.05, 0.1) is 11.8 Å². The summed E-state index contributed by atoms with van der Waals surface area (Å²) in [6, 6.07) is 8.55. The lowest BCUT2D eigenvalue weighted by Gasteiger charge is -2.29. The van der Waals surface area contributed by atoms with Gasteiger partial charge in [0, 0.05) is 19.5 Å². The van der Waals surface area contributed by atoms with Gasteiger partial charge in [0.15, 0.2) is 0 Å². The standard InChI is InChI=1S/C16H20N4O3/c17-15(22)14-10-13(16(23)19-8-6-12(21)7-9-19)18-20(14)11-4-2-1-3-5-11/h1-5,12,14,21H,6-10H2,(H2,17,22). The summed E-state index contributed by atoms with van der Waals surface area (Å²) in [7, 11) is 0. The lowest BCUT2D eigenvalue weighted by atomic mass is 10.1. The quantitative estimate of drug-likeness (QED) is 0.825. The van der Waals surface area contributed by atoms with E-state index in [1.165, 1.54) is 5.01 Å². The van der Waals surface area contributed by atoms with Gasteiger partial charge in [-0.3, -0.25) is 14.6 Å². The third-order valence-corrected chi connectivity index (χ3v) is 4.26. The van der Waals surface area contributed by atoms with Crippen molar-refractivity contribution in [2.24, 2.45) is 10.8 Å². The molecule has 3 N–H and O–H groups in total.